The van der Waals surface area contributed by atoms with E-state index in [4.69, 9.17) is 11.6 Å². The largest absolute Gasteiger partial charge is 0.337 e. The smallest absolute Gasteiger partial charge is 0.272 e. The standard InChI is InChI=1S/C19H21ClN2O/c20-17-8-11-21-18(14-17)19(23)22-12-9-16(10-13-22)7-6-15-4-2-1-3-5-15/h1-5,8,11,14,16H,6-7,9-10,12-13H2. The number of rotatable bonds is 4. The second-order valence-electron chi connectivity index (χ2n) is 6.12. The molecule has 1 saturated heterocycles. The Morgan fingerprint density at radius 2 is 1.91 bits per heavy atom. The second kappa shape index (κ2) is 7.60. The van der Waals surface area contributed by atoms with Gasteiger partial charge in [0.2, 0.25) is 0 Å². The monoisotopic (exact) mass is 328 g/mol. The number of aryl methyl sites for hydroxylation is 1. The molecule has 1 aromatic carbocycles. The molecule has 1 fully saturated rings. The van der Waals surface area contributed by atoms with E-state index in [1.165, 1.54) is 12.0 Å². The minimum atomic E-state index is -0.00555. The Labute approximate surface area is 142 Å². The van der Waals surface area contributed by atoms with E-state index in [-0.39, 0.29) is 5.91 Å². The third-order valence-electron chi connectivity index (χ3n) is 4.53. The molecule has 2 aromatic rings. The summed E-state index contributed by atoms with van der Waals surface area (Å²) in [5.74, 6) is 0.695. The van der Waals surface area contributed by atoms with E-state index in [9.17, 15) is 4.79 Å². The van der Waals surface area contributed by atoms with E-state index in [0.717, 1.165) is 32.4 Å². The molecule has 1 aliphatic heterocycles. The Hall–Kier alpha value is -1.87. The number of benzene rings is 1. The molecule has 3 rings (SSSR count). The molecule has 0 spiro atoms. The van der Waals surface area contributed by atoms with Crippen LogP contribution in [0.3, 0.4) is 0 Å². The summed E-state index contributed by atoms with van der Waals surface area (Å²) in [5, 5.41) is 0.557. The third kappa shape index (κ3) is 4.32. The van der Waals surface area contributed by atoms with Crippen LogP contribution in [0, 0.1) is 5.92 Å². The molecule has 23 heavy (non-hydrogen) atoms. The number of piperidine rings is 1. The maximum Gasteiger partial charge on any atom is 0.272 e. The molecular weight excluding hydrogens is 308 g/mol. The van der Waals surface area contributed by atoms with Crippen LogP contribution in [0.25, 0.3) is 0 Å². The summed E-state index contributed by atoms with van der Waals surface area (Å²) in [4.78, 5) is 18.5. The van der Waals surface area contributed by atoms with Gasteiger partial charge in [-0.25, -0.2) is 0 Å². The molecule has 0 bridgehead atoms. The summed E-state index contributed by atoms with van der Waals surface area (Å²) in [6, 6.07) is 13.9. The van der Waals surface area contributed by atoms with Crippen LogP contribution >= 0.6 is 11.6 Å². The Bertz CT molecular complexity index is 651. The van der Waals surface area contributed by atoms with Crippen LogP contribution in [0.2, 0.25) is 5.02 Å². The van der Waals surface area contributed by atoms with Gasteiger partial charge in [0, 0.05) is 24.3 Å². The first kappa shape index (κ1) is 16.0. The van der Waals surface area contributed by atoms with Gasteiger partial charge in [0.15, 0.2) is 0 Å². The molecule has 0 saturated carbocycles. The van der Waals surface area contributed by atoms with Crippen molar-refractivity contribution in [2.24, 2.45) is 5.92 Å². The van der Waals surface area contributed by atoms with Crippen molar-refractivity contribution in [3.05, 3.63) is 64.9 Å². The number of pyridine rings is 1. The van der Waals surface area contributed by atoms with Crippen LogP contribution in [-0.2, 0) is 6.42 Å². The van der Waals surface area contributed by atoms with Crippen LogP contribution in [-0.4, -0.2) is 28.9 Å². The average molecular weight is 329 g/mol. The van der Waals surface area contributed by atoms with Crippen LogP contribution in [0.15, 0.2) is 48.7 Å². The predicted octanol–water partition coefficient (Wildman–Crippen LogP) is 4.22. The minimum absolute atomic E-state index is 0.00555. The number of carbonyl (C=O) groups excluding carboxylic acids is 1. The highest BCUT2D eigenvalue weighted by Crippen LogP contribution is 2.23. The molecule has 1 amide bonds. The molecule has 2 heterocycles. The Kier molecular flexibility index (Phi) is 5.29. The first-order valence-electron chi connectivity index (χ1n) is 8.17. The summed E-state index contributed by atoms with van der Waals surface area (Å²) < 4.78 is 0. The Balaban J connectivity index is 1.49. The fourth-order valence-electron chi connectivity index (χ4n) is 3.12. The number of nitrogens with zero attached hydrogens (tertiary/aromatic N) is 2. The highest BCUT2D eigenvalue weighted by molar-refractivity contribution is 6.30. The molecule has 0 radical (unpaired) electrons. The summed E-state index contributed by atoms with van der Waals surface area (Å²) in [5.41, 5.74) is 1.84. The van der Waals surface area contributed by atoms with Crippen LogP contribution in [0.1, 0.15) is 35.3 Å². The van der Waals surface area contributed by atoms with E-state index in [2.05, 4.69) is 35.3 Å². The van der Waals surface area contributed by atoms with Gasteiger partial charge in [0.05, 0.1) is 0 Å². The maximum atomic E-state index is 12.4. The molecule has 120 valence electrons. The van der Waals surface area contributed by atoms with Crippen molar-refractivity contribution >= 4 is 17.5 Å². The van der Waals surface area contributed by atoms with Crippen LogP contribution in [0.5, 0.6) is 0 Å². The molecule has 1 aliphatic rings. The van der Waals surface area contributed by atoms with Gasteiger partial charge >= 0.3 is 0 Å². The topological polar surface area (TPSA) is 33.2 Å². The van der Waals surface area contributed by atoms with Crippen molar-refractivity contribution in [3.63, 3.8) is 0 Å². The van der Waals surface area contributed by atoms with Crippen molar-refractivity contribution in [1.29, 1.82) is 0 Å². The summed E-state index contributed by atoms with van der Waals surface area (Å²) in [6.07, 6.45) is 6.04. The zero-order valence-corrected chi connectivity index (χ0v) is 13.9. The lowest BCUT2D eigenvalue weighted by molar-refractivity contribution is 0.0681. The van der Waals surface area contributed by atoms with Gasteiger partial charge in [0.25, 0.3) is 5.91 Å². The third-order valence-corrected chi connectivity index (χ3v) is 4.76. The van der Waals surface area contributed by atoms with Crippen LogP contribution < -0.4 is 0 Å². The van der Waals surface area contributed by atoms with Gasteiger partial charge in [-0.1, -0.05) is 41.9 Å². The lowest BCUT2D eigenvalue weighted by atomic mass is 9.90. The maximum absolute atomic E-state index is 12.4. The number of amides is 1. The summed E-state index contributed by atoms with van der Waals surface area (Å²) >= 11 is 5.94. The normalized spacial score (nSPS) is 15.6. The van der Waals surface area contributed by atoms with Crippen molar-refractivity contribution in [1.82, 2.24) is 9.88 Å². The number of carbonyl (C=O) groups is 1. The molecule has 0 unspecified atom stereocenters. The van der Waals surface area contributed by atoms with E-state index < -0.39 is 0 Å². The number of hydrogen-bond donors (Lipinski definition) is 0. The van der Waals surface area contributed by atoms with Crippen molar-refractivity contribution in [2.75, 3.05) is 13.1 Å². The minimum Gasteiger partial charge on any atom is -0.337 e. The first-order chi connectivity index (χ1) is 11.2. The van der Waals surface area contributed by atoms with Crippen LogP contribution in [0.4, 0.5) is 0 Å². The van der Waals surface area contributed by atoms with E-state index in [1.807, 2.05) is 4.90 Å². The lowest BCUT2D eigenvalue weighted by Crippen LogP contribution is -2.38. The lowest BCUT2D eigenvalue weighted by Gasteiger charge is -2.32. The van der Waals surface area contributed by atoms with Gasteiger partial charge < -0.3 is 4.90 Å². The molecule has 3 nitrogen and oxygen atoms in total. The summed E-state index contributed by atoms with van der Waals surface area (Å²) in [6.45, 7) is 1.62. The molecule has 0 atom stereocenters. The number of hydrogen-bond acceptors (Lipinski definition) is 2. The summed E-state index contributed by atoms with van der Waals surface area (Å²) in [7, 11) is 0. The molecule has 1 aromatic heterocycles. The zero-order chi connectivity index (χ0) is 16.1. The Morgan fingerprint density at radius 1 is 1.17 bits per heavy atom. The second-order valence-corrected chi connectivity index (χ2v) is 6.56. The number of aromatic nitrogens is 1. The highest BCUT2D eigenvalue weighted by atomic mass is 35.5. The fourth-order valence-corrected chi connectivity index (χ4v) is 3.28. The van der Waals surface area contributed by atoms with Gasteiger partial charge in [0.1, 0.15) is 5.69 Å². The van der Waals surface area contributed by atoms with Gasteiger partial charge in [-0.3, -0.25) is 9.78 Å². The van der Waals surface area contributed by atoms with Crippen molar-refractivity contribution in [2.45, 2.75) is 25.7 Å². The van der Waals surface area contributed by atoms with Crippen molar-refractivity contribution < 1.29 is 4.79 Å². The molecule has 0 aliphatic carbocycles. The first-order valence-corrected chi connectivity index (χ1v) is 8.55. The fraction of sp³-hybridized carbons (Fsp3) is 0.368. The van der Waals surface area contributed by atoms with E-state index in [0.29, 0.717) is 16.6 Å². The number of likely N-dealkylation sites (tertiary alicyclic amines) is 1. The molecule has 4 heteroatoms. The van der Waals surface area contributed by atoms with E-state index >= 15 is 0 Å². The highest BCUT2D eigenvalue weighted by Gasteiger charge is 2.24. The van der Waals surface area contributed by atoms with E-state index in [1.54, 1.807) is 18.3 Å². The SMILES string of the molecule is O=C(c1cc(Cl)ccn1)N1CCC(CCc2ccccc2)CC1. The van der Waals surface area contributed by atoms with Gasteiger partial charge in [-0.15, -0.1) is 0 Å². The quantitative estimate of drug-likeness (QED) is 0.842. The Morgan fingerprint density at radius 3 is 2.61 bits per heavy atom. The zero-order valence-electron chi connectivity index (χ0n) is 13.1. The van der Waals surface area contributed by atoms with Gasteiger partial charge in [-0.05, 0) is 49.3 Å². The number of halogens is 1. The molecule has 0 N–H and O–H groups in total. The average Bonchev–Trinajstić information content (AvgIpc) is 2.61. The molecular formula is C19H21ClN2O. The van der Waals surface area contributed by atoms with Crippen molar-refractivity contribution in [3.8, 4) is 0 Å². The van der Waals surface area contributed by atoms with Gasteiger partial charge in [-0.2, -0.15) is 0 Å². The predicted molar refractivity (Wildman–Crippen MR) is 92.6 cm³/mol.